The minimum absolute atomic E-state index is 0.145. The molecule has 1 unspecified atom stereocenters. The first-order chi connectivity index (χ1) is 18.8. The van der Waals surface area contributed by atoms with Crippen LogP contribution < -0.4 is 16.2 Å². The van der Waals surface area contributed by atoms with Gasteiger partial charge in [-0.05, 0) is 55.0 Å². The van der Waals surface area contributed by atoms with Crippen molar-refractivity contribution in [2.75, 3.05) is 17.7 Å². The van der Waals surface area contributed by atoms with Gasteiger partial charge in [0.25, 0.3) is 5.56 Å². The molecule has 1 aliphatic rings. The van der Waals surface area contributed by atoms with Crippen molar-refractivity contribution >= 4 is 40.7 Å². The number of likely N-dealkylation sites (tertiary alicyclic amines) is 1. The highest BCUT2D eigenvalue weighted by atomic mass is 35.5. The van der Waals surface area contributed by atoms with Crippen LogP contribution in [-0.4, -0.2) is 38.7 Å². The number of amides is 2. The van der Waals surface area contributed by atoms with Gasteiger partial charge in [0, 0.05) is 35.2 Å². The molecule has 1 fully saturated rings. The average molecular weight is 540 g/mol. The number of H-pyrrole nitrogens is 1. The molecule has 194 valence electrons. The summed E-state index contributed by atoms with van der Waals surface area (Å²) in [5.74, 6) is -1.38. The van der Waals surface area contributed by atoms with Crippen LogP contribution in [0.4, 0.5) is 17.3 Å². The minimum atomic E-state index is -0.845. The number of aromatic nitrogens is 3. The number of rotatable bonds is 6. The maximum atomic E-state index is 13.0. The number of aromatic amines is 1. The zero-order valence-electron chi connectivity index (χ0n) is 20.7. The first kappa shape index (κ1) is 25.6. The number of benzene rings is 2. The van der Waals surface area contributed by atoms with Gasteiger partial charge in [-0.2, -0.15) is 5.26 Å². The Kier molecular flexibility index (Phi) is 7.08. The lowest BCUT2D eigenvalue weighted by atomic mass is 10.0. The van der Waals surface area contributed by atoms with Gasteiger partial charge in [-0.15, -0.1) is 0 Å². The van der Waals surface area contributed by atoms with Crippen molar-refractivity contribution in [3.05, 3.63) is 99.6 Å². The van der Waals surface area contributed by atoms with Crippen molar-refractivity contribution in [3.8, 4) is 17.3 Å². The molecule has 4 aromatic rings. The van der Waals surface area contributed by atoms with Crippen LogP contribution in [0.3, 0.4) is 0 Å². The SMILES string of the molecule is CN1C(=O)C(C(=O)Nc2ccc(-c3nc(Nc4ccc(Cl)cc4)[nH]c(=O)c3C#N)cc2)C[C@H]1c1ccccn1. The van der Waals surface area contributed by atoms with Crippen LogP contribution in [0.2, 0.25) is 5.02 Å². The van der Waals surface area contributed by atoms with E-state index in [-0.39, 0.29) is 29.2 Å². The van der Waals surface area contributed by atoms with Gasteiger partial charge in [0.15, 0.2) is 0 Å². The van der Waals surface area contributed by atoms with Crippen LogP contribution in [0.25, 0.3) is 11.3 Å². The lowest BCUT2D eigenvalue weighted by molar-refractivity contribution is -0.135. The summed E-state index contributed by atoms with van der Waals surface area (Å²) >= 11 is 5.93. The number of nitrogens with one attached hydrogen (secondary N) is 3. The quantitative estimate of drug-likeness (QED) is 0.310. The maximum Gasteiger partial charge on any atom is 0.270 e. The van der Waals surface area contributed by atoms with Crippen molar-refractivity contribution in [1.82, 2.24) is 19.9 Å². The summed E-state index contributed by atoms with van der Waals surface area (Å²) < 4.78 is 0. The fraction of sp³-hybridized carbons (Fsp3) is 0.143. The molecule has 10 nitrogen and oxygen atoms in total. The van der Waals surface area contributed by atoms with E-state index in [4.69, 9.17) is 11.6 Å². The summed E-state index contributed by atoms with van der Waals surface area (Å²) in [4.78, 5) is 51.2. The number of carbonyl (C=O) groups excluding carboxylic acids is 2. The predicted octanol–water partition coefficient (Wildman–Crippen LogP) is 4.26. The Hall–Kier alpha value is -5.01. The van der Waals surface area contributed by atoms with Gasteiger partial charge in [-0.25, -0.2) is 4.98 Å². The van der Waals surface area contributed by atoms with E-state index in [9.17, 15) is 19.6 Å². The van der Waals surface area contributed by atoms with Crippen molar-refractivity contribution in [3.63, 3.8) is 0 Å². The van der Waals surface area contributed by atoms with Gasteiger partial charge in [0.1, 0.15) is 17.6 Å². The van der Waals surface area contributed by atoms with E-state index < -0.39 is 17.4 Å². The lowest BCUT2D eigenvalue weighted by Crippen LogP contribution is -2.31. The topological polar surface area (TPSA) is 144 Å². The lowest BCUT2D eigenvalue weighted by Gasteiger charge is -2.18. The number of halogens is 1. The maximum absolute atomic E-state index is 13.0. The van der Waals surface area contributed by atoms with Crippen LogP contribution in [0, 0.1) is 17.2 Å². The molecule has 2 aromatic carbocycles. The number of nitrogens with zero attached hydrogens (tertiary/aromatic N) is 4. The second-order valence-electron chi connectivity index (χ2n) is 8.96. The third kappa shape index (κ3) is 5.35. The van der Waals surface area contributed by atoms with Crippen LogP contribution in [0.1, 0.15) is 23.7 Å². The highest BCUT2D eigenvalue weighted by Crippen LogP contribution is 2.35. The largest absolute Gasteiger partial charge is 0.336 e. The van der Waals surface area contributed by atoms with Gasteiger partial charge >= 0.3 is 0 Å². The van der Waals surface area contributed by atoms with E-state index in [0.717, 1.165) is 5.69 Å². The van der Waals surface area contributed by atoms with E-state index in [1.165, 1.54) is 0 Å². The number of carbonyl (C=O) groups is 2. The fourth-order valence-corrected chi connectivity index (χ4v) is 4.57. The van der Waals surface area contributed by atoms with E-state index in [1.807, 2.05) is 18.2 Å². The fourth-order valence-electron chi connectivity index (χ4n) is 4.45. The van der Waals surface area contributed by atoms with Gasteiger partial charge < -0.3 is 15.5 Å². The number of hydrogen-bond donors (Lipinski definition) is 3. The highest BCUT2D eigenvalue weighted by Gasteiger charge is 2.42. The molecule has 2 atom stereocenters. The summed E-state index contributed by atoms with van der Waals surface area (Å²) in [6, 6.07) is 20.5. The Bertz CT molecular complexity index is 1630. The third-order valence-corrected chi connectivity index (χ3v) is 6.73. The molecule has 0 saturated carbocycles. The molecule has 2 aromatic heterocycles. The third-order valence-electron chi connectivity index (χ3n) is 6.48. The standard InChI is InChI=1S/C28H22ClN7O3/c1-36-23(22-4-2-3-13-31-22)14-20(27(36)39)25(37)32-18-9-5-16(6-10-18)24-21(15-30)26(38)35-28(34-24)33-19-11-7-17(29)8-12-19/h2-13,20,23H,14H2,1H3,(H,32,37)(H2,33,34,35,38)/t20?,23-/m0/s1. The van der Waals surface area contributed by atoms with Gasteiger partial charge in [-0.3, -0.25) is 24.4 Å². The highest BCUT2D eigenvalue weighted by molar-refractivity contribution is 6.30. The average Bonchev–Trinajstić information content (AvgIpc) is 3.24. The smallest absolute Gasteiger partial charge is 0.270 e. The number of pyridine rings is 1. The molecule has 0 radical (unpaired) electrons. The molecular weight excluding hydrogens is 518 g/mol. The Morgan fingerprint density at radius 1 is 1.08 bits per heavy atom. The molecule has 3 heterocycles. The van der Waals surface area contributed by atoms with Crippen LogP contribution in [-0.2, 0) is 9.59 Å². The van der Waals surface area contributed by atoms with Crippen LogP contribution in [0.15, 0.2) is 77.7 Å². The molecule has 1 aliphatic heterocycles. The Morgan fingerprint density at radius 2 is 1.79 bits per heavy atom. The second-order valence-corrected chi connectivity index (χ2v) is 9.39. The zero-order valence-corrected chi connectivity index (χ0v) is 21.4. The van der Waals surface area contributed by atoms with Crippen LogP contribution in [0.5, 0.6) is 0 Å². The molecule has 0 aliphatic carbocycles. The second kappa shape index (κ2) is 10.8. The molecule has 5 rings (SSSR count). The Labute approximate surface area is 228 Å². The van der Waals surface area contributed by atoms with Crippen molar-refractivity contribution in [2.45, 2.75) is 12.5 Å². The van der Waals surface area contributed by atoms with Crippen molar-refractivity contribution in [1.29, 1.82) is 5.26 Å². The summed E-state index contributed by atoms with van der Waals surface area (Å²) in [7, 11) is 1.67. The summed E-state index contributed by atoms with van der Waals surface area (Å²) in [5.41, 5.74) is 1.79. The molecule has 2 amide bonds. The molecule has 3 N–H and O–H groups in total. The van der Waals surface area contributed by atoms with E-state index >= 15 is 0 Å². The number of anilines is 3. The van der Waals surface area contributed by atoms with Gasteiger partial charge in [-0.1, -0.05) is 29.8 Å². The zero-order chi connectivity index (χ0) is 27.5. The van der Waals surface area contributed by atoms with Crippen LogP contribution >= 0.6 is 11.6 Å². The van der Waals surface area contributed by atoms with Crippen molar-refractivity contribution < 1.29 is 9.59 Å². The molecule has 0 bridgehead atoms. The molecule has 11 heteroatoms. The van der Waals surface area contributed by atoms with Gasteiger partial charge in [0.2, 0.25) is 17.8 Å². The minimum Gasteiger partial charge on any atom is -0.336 e. The first-order valence-electron chi connectivity index (χ1n) is 12.0. The number of hydrogen-bond acceptors (Lipinski definition) is 7. The molecular formula is C28H22ClN7O3. The number of nitriles is 1. The van der Waals surface area contributed by atoms with E-state index in [1.54, 1.807) is 72.7 Å². The summed E-state index contributed by atoms with van der Waals surface area (Å²) in [5, 5.41) is 15.9. The Morgan fingerprint density at radius 3 is 2.46 bits per heavy atom. The first-order valence-corrected chi connectivity index (χ1v) is 12.4. The molecule has 0 spiro atoms. The normalized spacial score (nSPS) is 16.5. The predicted molar refractivity (Wildman–Crippen MR) is 146 cm³/mol. The monoisotopic (exact) mass is 539 g/mol. The summed E-state index contributed by atoms with van der Waals surface area (Å²) in [6.45, 7) is 0. The van der Waals surface area contributed by atoms with E-state index in [2.05, 4.69) is 25.6 Å². The molecule has 39 heavy (non-hydrogen) atoms. The summed E-state index contributed by atoms with van der Waals surface area (Å²) in [6.07, 6.45) is 1.98. The van der Waals surface area contributed by atoms with Crippen molar-refractivity contribution in [2.24, 2.45) is 5.92 Å². The van der Waals surface area contributed by atoms with E-state index in [0.29, 0.717) is 28.4 Å². The van der Waals surface area contributed by atoms with Gasteiger partial charge in [0.05, 0.1) is 17.4 Å². The Balaban J connectivity index is 1.34. The molecule has 1 saturated heterocycles.